The van der Waals surface area contributed by atoms with E-state index in [1.54, 1.807) is 17.8 Å². The Morgan fingerprint density at radius 1 is 1.58 bits per heavy atom. The average Bonchev–Trinajstić information content (AvgIpc) is 2.07. The summed E-state index contributed by atoms with van der Waals surface area (Å²) in [5, 5.41) is 12.8. The molecule has 0 bridgehead atoms. The van der Waals surface area contributed by atoms with Crippen LogP contribution in [0.1, 0.15) is 6.92 Å². The zero-order valence-corrected chi connectivity index (χ0v) is 7.69. The van der Waals surface area contributed by atoms with Crippen LogP contribution < -0.4 is 5.32 Å². The van der Waals surface area contributed by atoms with Gasteiger partial charge in [0.05, 0.1) is 5.69 Å². The summed E-state index contributed by atoms with van der Waals surface area (Å²) in [4.78, 5) is 1.15. The molecule has 0 radical (unpaired) electrons. The fourth-order valence-electron chi connectivity index (χ4n) is 1.29. The van der Waals surface area contributed by atoms with E-state index in [9.17, 15) is 5.11 Å². The number of para-hydroxylation sites is 1. The SMILES string of the molecule is CC1CSc2cccc(O)c2N1. The van der Waals surface area contributed by atoms with Crippen LogP contribution in [0.25, 0.3) is 0 Å². The highest BCUT2D eigenvalue weighted by Gasteiger charge is 2.16. The third-order valence-corrected chi connectivity index (χ3v) is 3.20. The van der Waals surface area contributed by atoms with Gasteiger partial charge < -0.3 is 10.4 Å². The lowest BCUT2D eigenvalue weighted by Gasteiger charge is -2.23. The van der Waals surface area contributed by atoms with Gasteiger partial charge in [0.25, 0.3) is 0 Å². The zero-order chi connectivity index (χ0) is 8.55. The Kier molecular flexibility index (Phi) is 1.89. The second-order valence-electron chi connectivity index (χ2n) is 3.01. The number of aromatic hydroxyl groups is 1. The number of hydrogen-bond donors (Lipinski definition) is 2. The van der Waals surface area contributed by atoms with E-state index in [0.717, 1.165) is 16.3 Å². The molecule has 1 heterocycles. The Morgan fingerprint density at radius 3 is 3.25 bits per heavy atom. The first-order valence-corrected chi connectivity index (χ1v) is 4.97. The Bertz CT molecular complexity index is 301. The van der Waals surface area contributed by atoms with Gasteiger partial charge >= 0.3 is 0 Å². The van der Waals surface area contributed by atoms with Crippen molar-refractivity contribution in [3.05, 3.63) is 18.2 Å². The highest BCUT2D eigenvalue weighted by atomic mass is 32.2. The van der Waals surface area contributed by atoms with Crippen molar-refractivity contribution in [2.24, 2.45) is 0 Å². The fraction of sp³-hybridized carbons (Fsp3) is 0.333. The van der Waals surface area contributed by atoms with Crippen molar-refractivity contribution in [3.8, 4) is 5.75 Å². The molecule has 0 aromatic heterocycles. The fourth-order valence-corrected chi connectivity index (χ4v) is 2.28. The van der Waals surface area contributed by atoms with E-state index in [-0.39, 0.29) is 0 Å². The third kappa shape index (κ3) is 1.25. The lowest BCUT2D eigenvalue weighted by Crippen LogP contribution is -2.21. The first kappa shape index (κ1) is 7.80. The van der Waals surface area contributed by atoms with E-state index in [2.05, 4.69) is 12.2 Å². The van der Waals surface area contributed by atoms with Gasteiger partial charge in [0.15, 0.2) is 0 Å². The third-order valence-electron chi connectivity index (χ3n) is 1.88. The van der Waals surface area contributed by atoms with Crippen LogP contribution in [0.15, 0.2) is 23.1 Å². The quantitative estimate of drug-likeness (QED) is 0.602. The number of phenolic OH excluding ortho intramolecular Hbond substituents is 1. The molecule has 1 atom stereocenters. The van der Waals surface area contributed by atoms with Gasteiger partial charge in [-0.3, -0.25) is 0 Å². The molecular formula is C9H11NOS. The smallest absolute Gasteiger partial charge is 0.139 e. The van der Waals surface area contributed by atoms with Crippen LogP contribution >= 0.6 is 11.8 Å². The Hall–Kier alpha value is -0.830. The molecule has 0 spiro atoms. The summed E-state index contributed by atoms with van der Waals surface area (Å²) in [6, 6.07) is 6.05. The average molecular weight is 181 g/mol. The lowest BCUT2D eigenvalue weighted by atomic mass is 10.2. The Morgan fingerprint density at radius 2 is 2.42 bits per heavy atom. The van der Waals surface area contributed by atoms with Crippen LogP contribution in [0.2, 0.25) is 0 Å². The van der Waals surface area contributed by atoms with E-state index in [1.165, 1.54) is 0 Å². The number of benzene rings is 1. The van der Waals surface area contributed by atoms with Crippen molar-refractivity contribution in [1.29, 1.82) is 0 Å². The summed E-state index contributed by atoms with van der Waals surface area (Å²) in [5.74, 6) is 1.42. The van der Waals surface area contributed by atoms with Gasteiger partial charge in [0.2, 0.25) is 0 Å². The van der Waals surface area contributed by atoms with E-state index < -0.39 is 0 Å². The minimum absolute atomic E-state index is 0.353. The van der Waals surface area contributed by atoms with Gasteiger partial charge in [-0.25, -0.2) is 0 Å². The molecule has 12 heavy (non-hydrogen) atoms. The highest BCUT2D eigenvalue weighted by molar-refractivity contribution is 7.99. The molecule has 3 heteroatoms. The Balaban J connectivity index is 2.43. The van der Waals surface area contributed by atoms with Crippen LogP contribution in [-0.2, 0) is 0 Å². The molecule has 0 aliphatic carbocycles. The number of hydrogen-bond acceptors (Lipinski definition) is 3. The number of rotatable bonds is 0. The number of nitrogens with one attached hydrogen (secondary N) is 1. The van der Waals surface area contributed by atoms with Gasteiger partial charge in [-0.15, -0.1) is 11.8 Å². The molecule has 1 aromatic rings. The van der Waals surface area contributed by atoms with Crippen molar-refractivity contribution >= 4 is 17.4 Å². The van der Waals surface area contributed by atoms with Crippen molar-refractivity contribution in [2.45, 2.75) is 17.9 Å². The maximum atomic E-state index is 9.50. The lowest BCUT2D eigenvalue weighted by molar-refractivity contribution is 0.475. The molecule has 1 aliphatic heterocycles. The molecule has 1 aromatic carbocycles. The standard InChI is InChI=1S/C9H11NOS/c1-6-5-12-8-4-2-3-7(11)9(8)10-6/h2-4,6,10-11H,5H2,1H3. The van der Waals surface area contributed by atoms with Crippen molar-refractivity contribution < 1.29 is 5.11 Å². The molecule has 0 amide bonds. The molecule has 2 N–H and O–H groups in total. The Labute approximate surface area is 76.0 Å². The van der Waals surface area contributed by atoms with E-state index in [1.807, 2.05) is 12.1 Å². The van der Waals surface area contributed by atoms with Gasteiger partial charge in [0, 0.05) is 16.7 Å². The summed E-state index contributed by atoms with van der Waals surface area (Å²) in [5.41, 5.74) is 0.890. The molecule has 0 fully saturated rings. The number of fused-ring (bicyclic) bond motifs is 1. The maximum absolute atomic E-state index is 9.50. The molecule has 0 saturated heterocycles. The van der Waals surface area contributed by atoms with Crippen molar-refractivity contribution in [2.75, 3.05) is 11.1 Å². The molecule has 2 nitrogen and oxygen atoms in total. The van der Waals surface area contributed by atoms with Crippen LogP contribution in [0.5, 0.6) is 5.75 Å². The maximum Gasteiger partial charge on any atom is 0.139 e. The van der Waals surface area contributed by atoms with Crippen LogP contribution in [0.4, 0.5) is 5.69 Å². The second kappa shape index (κ2) is 2.90. The number of anilines is 1. The molecule has 0 saturated carbocycles. The first-order chi connectivity index (χ1) is 5.77. The molecule has 1 unspecified atom stereocenters. The van der Waals surface area contributed by atoms with Gasteiger partial charge in [0.1, 0.15) is 5.75 Å². The van der Waals surface area contributed by atoms with E-state index in [0.29, 0.717) is 11.8 Å². The zero-order valence-electron chi connectivity index (χ0n) is 6.87. The van der Waals surface area contributed by atoms with Crippen LogP contribution in [-0.4, -0.2) is 16.9 Å². The summed E-state index contributed by atoms with van der Waals surface area (Å²) in [6.07, 6.45) is 0. The normalized spacial score (nSPS) is 21.2. The molecule has 64 valence electrons. The van der Waals surface area contributed by atoms with Gasteiger partial charge in [-0.05, 0) is 19.1 Å². The van der Waals surface area contributed by atoms with E-state index in [4.69, 9.17) is 0 Å². The largest absolute Gasteiger partial charge is 0.506 e. The topological polar surface area (TPSA) is 32.3 Å². The van der Waals surface area contributed by atoms with Crippen molar-refractivity contribution in [1.82, 2.24) is 0 Å². The van der Waals surface area contributed by atoms with Crippen LogP contribution in [0, 0.1) is 0 Å². The molecule has 2 rings (SSSR count). The predicted molar refractivity (Wildman–Crippen MR) is 51.9 cm³/mol. The summed E-state index contributed by atoms with van der Waals surface area (Å²) >= 11 is 1.79. The first-order valence-electron chi connectivity index (χ1n) is 3.98. The monoisotopic (exact) mass is 181 g/mol. The highest BCUT2D eigenvalue weighted by Crippen LogP contribution is 2.38. The molecule has 1 aliphatic rings. The molecular weight excluding hydrogens is 170 g/mol. The number of phenols is 1. The van der Waals surface area contributed by atoms with Gasteiger partial charge in [-0.2, -0.15) is 0 Å². The minimum atomic E-state index is 0.353. The summed E-state index contributed by atoms with van der Waals surface area (Å²) in [6.45, 7) is 2.11. The van der Waals surface area contributed by atoms with Crippen molar-refractivity contribution in [3.63, 3.8) is 0 Å². The van der Waals surface area contributed by atoms with Gasteiger partial charge in [-0.1, -0.05) is 6.07 Å². The van der Waals surface area contributed by atoms with E-state index >= 15 is 0 Å². The number of thioether (sulfide) groups is 1. The summed E-state index contributed by atoms with van der Waals surface area (Å²) < 4.78 is 0. The second-order valence-corrected chi connectivity index (χ2v) is 4.07. The minimum Gasteiger partial charge on any atom is -0.506 e. The predicted octanol–water partition coefficient (Wildman–Crippen LogP) is 2.30. The van der Waals surface area contributed by atoms with Crippen LogP contribution in [0.3, 0.4) is 0 Å². The summed E-state index contributed by atoms with van der Waals surface area (Å²) in [7, 11) is 0.